The molecular formula is C28H25B. The summed E-state index contributed by atoms with van der Waals surface area (Å²) in [5, 5.41) is 8.21. The van der Waals surface area contributed by atoms with Gasteiger partial charge in [-0.1, -0.05) is 104 Å². The zero-order chi connectivity index (χ0) is 19.8. The van der Waals surface area contributed by atoms with E-state index in [4.69, 9.17) is 0 Å². The molecule has 0 aliphatic carbocycles. The average Bonchev–Trinajstić information content (AvgIpc) is 2.77. The van der Waals surface area contributed by atoms with Crippen LogP contribution in [0.5, 0.6) is 0 Å². The highest BCUT2D eigenvalue weighted by molar-refractivity contribution is 6.62. The molecule has 1 heteroatoms. The first-order valence-electron chi connectivity index (χ1n) is 10.6. The molecule has 0 aliphatic rings. The molecule has 5 aromatic rings. The van der Waals surface area contributed by atoms with Gasteiger partial charge >= 0.3 is 0 Å². The van der Waals surface area contributed by atoms with Gasteiger partial charge in [-0.2, -0.15) is 0 Å². The van der Waals surface area contributed by atoms with Crippen LogP contribution in [0.3, 0.4) is 0 Å². The van der Waals surface area contributed by atoms with E-state index in [-0.39, 0.29) is 0 Å². The molecule has 0 radical (unpaired) electrons. The van der Waals surface area contributed by atoms with Crippen molar-refractivity contribution in [3.63, 3.8) is 0 Å². The van der Waals surface area contributed by atoms with Crippen LogP contribution in [-0.2, 0) is 0 Å². The molecule has 0 heterocycles. The third kappa shape index (κ3) is 3.11. The van der Waals surface area contributed by atoms with E-state index in [1.165, 1.54) is 48.9 Å². The van der Waals surface area contributed by atoms with E-state index in [1.807, 2.05) is 0 Å². The number of hydrogen-bond donors (Lipinski definition) is 0. The number of hydrogen-bond acceptors (Lipinski definition) is 0. The molecule has 0 saturated heterocycles. The average molecular weight is 372 g/mol. The largest absolute Gasteiger partial charge is 0.167 e. The first-order chi connectivity index (χ1) is 14.3. The molecular weight excluding hydrogens is 347 g/mol. The lowest BCUT2D eigenvalue weighted by molar-refractivity contribution is 0.876. The summed E-state index contributed by atoms with van der Waals surface area (Å²) in [6, 6.07) is 33.4. The summed E-state index contributed by atoms with van der Waals surface area (Å²) in [4.78, 5) is 0. The van der Waals surface area contributed by atoms with Crippen LogP contribution in [0, 0.1) is 6.92 Å². The summed E-state index contributed by atoms with van der Waals surface area (Å²) in [5.41, 5.74) is 4.40. The van der Waals surface area contributed by atoms with Gasteiger partial charge in [0.15, 0.2) is 7.28 Å². The van der Waals surface area contributed by atoms with Gasteiger partial charge in [-0.05, 0) is 62.3 Å². The van der Waals surface area contributed by atoms with Crippen LogP contribution in [0.25, 0.3) is 32.3 Å². The fourth-order valence-corrected chi connectivity index (χ4v) is 4.97. The van der Waals surface area contributed by atoms with Gasteiger partial charge in [0, 0.05) is 0 Å². The van der Waals surface area contributed by atoms with Gasteiger partial charge in [-0.3, -0.25) is 0 Å². The highest BCUT2D eigenvalue weighted by Crippen LogP contribution is 2.31. The van der Waals surface area contributed by atoms with Crippen LogP contribution in [0.1, 0.15) is 30.3 Å². The lowest BCUT2D eigenvalue weighted by atomic mass is 9.53. The number of aryl methyl sites for hydroxylation is 1. The Morgan fingerprint density at radius 1 is 0.655 bits per heavy atom. The Labute approximate surface area is 173 Å². The van der Waals surface area contributed by atoms with Crippen LogP contribution < -0.4 is 5.46 Å². The first-order valence-corrected chi connectivity index (χ1v) is 10.6. The van der Waals surface area contributed by atoms with Crippen molar-refractivity contribution in [1.29, 1.82) is 0 Å². The zero-order valence-corrected chi connectivity index (χ0v) is 17.2. The molecule has 1 unspecified atom stereocenters. The molecule has 0 N–H and O–H groups in total. The zero-order valence-electron chi connectivity index (χ0n) is 17.2. The van der Waals surface area contributed by atoms with Crippen molar-refractivity contribution in [2.75, 3.05) is 0 Å². The molecule has 0 aromatic heterocycles. The first kappa shape index (κ1) is 18.0. The quantitative estimate of drug-likeness (QED) is 0.244. The van der Waals surface area contributed by atoms with Gasteiger partial charge in [0.2, 0.25) is 0 Å². The maximum absolute atomic E-state index is 2.33. The Morgan fingerprint density at radius 3 is 1.83 bits per heavy atom. The standard InChI is InChI=1S/C28H25B/c1-3-26(27-19(2)16-17-20-10-4-7-13-23(20)27)29-28-24-14-8-5-11-21(24)18-22-12-6-9-15-25(22)28/h4-18,26,29H,3H2,1-2H3. The number of fused-ring (bicyclic) bond motifs is 3. The van der Waals surface area contributed by atoms with Crippen molar-refractivity contribution < 1.29 is 0 Å². The number of rotatable bonds is 4. The van der Waals surface area contributed by atoms with E-state index in [0.717, 1.165) is 13.7 Å². The van der Waals surface area contributed by atoms with Crippen LogP contribution in [0.4, 0.5) is 0 Å². The Hall–Kier alpha value is -3.06. The molecule has 29 heavy (non-hydrogen) atoms. The fourth-order valence-electron chi connectivity index (χ4n) is 4.97. The van der Waals surface area contributed by atoms with E-state index in [9.17, 15) is 0 Å². The highest BCUT2D eigenvalue weighted by atomic mass is 14.1. The predicted octanol–water partition coefficient (Wildman–Crippen LogP) is 6.67. The van der Waals surface area contributed by atoms with Gasteiger partial charge in [0.05, 0.1) is 0 Å². The minimum Gasteiger partial charge on any atom is -0.0685 e. The van der Waals surface area contributed by atoms with Crippen molar-refractivity contribution in [2.24, 2.45) is 0 Å². The van der Waals surface area contributed by atoms with E-state index < -0.39 is 0 Å². The summed E-state index contributed by atoms with van der Waals surface area (Å²) in [6.07, 6.45) is 1.13. The second-order valence-corrected chi connectivity index (χ2v) is 8.12. The van der Waals surface area contributed by atoms with Crippen molar-refractivity contribution in [2.45, 2.75) is 26.1 Å². The maximum Gasteiger partial charge on any atom is 0.167 e. The molecule has 0 aliphatic heterocycles. The summed E-state index contributed by atoms with van der Waals surface area (Å²) in [7, 11) is 1.06. The monoisotopic (exact) mass is 372 g/mol. The van der Waals surface area contributed by atoms with E-state index in [1.54, 1.807) is 0 Å². The van der Waals surface area contributed by atoms with Gasteiger partial charge < -0.3 is 0 Å². The van der Waals surface area contributed by atoms with Crippen LogP contribution in [0.2, 0.25) is 0 Å². The summed E-state index contributed by atoms with van der Waals surface area (Å²) in [6.45, 7) is 4.60. The summed E-state index contributed by atoms with van der Waals surface area (Å²) < 4.78 is 0. The fraction of sp³-hybridized carbons (Fsp3) is 0.143. The Kier molecular flexibility index (Phi) is 4.60. The molecule has 140 valence electrons. The third-order valence-electron chi connectivity index (χ3n) is 6.42. The second kappa shape index (κ2) is 7.41. The SMILES string of the molecule is CCC(Bc1c2ccccc2cc2ccccc12)c1c(C)ccc2ccccc12. The van der Waals surface area contributed by atoms with E-state index in [0.29, 0.717) is 5.82 Å². The molecule has 0 bridgehead atoms. The molecule has 0 saturated carbocycles. The molecule has 5 aromatic carbocycles. The molecule has 0 amide bonds. The lowest BCUT2D eigenvalue weighted by Crippen LogP contribution is -2.24. The Morgan fingerprint density at radius 2 is 1.21 bits per heavy atom. The Balaban J connectivity index is 1.73. The summed E-state index contributed by atoms with van der Waals surface area (Å²) in [5.74, 6) is 0.496. The van der Waals surface area contributed by atoms with Crippen LogP contribution in [-0.4, -0.2) is 7.28 Å². The lowest BCUT2D eigenvalue weighted by Gasteiger charge is -2.21. The van der Waals surface area contributed by atoms with Gasteiger partial charge in [0.1, 0.15) is 0 Å². The van der Waals surface area contributed by atoms with Crippen LogP contribution in [0.15, 0.2) is 91.0 Å². The van der Waals surface area contributed by atoms with E-state index >= 15 is 0 Å². The minimum atomic E-state index is 0.496. The van der Waals surface area contributed by atoms with Gasteiger partial charge in [-0.15, -0.1) is 0 Å². The van der Waals surface area contributed by atoms with Crippen molar-refractivity contribution >= 4 is 45.1 Å². The topological polar surface area (TPSA) is 0 Å². The highest BCUT2D eigenvalue weighted by Gasteiger charge is 2.20. The normalized spacial score (nSPS) is 12.5. The van der Waals surface area contributed by atoms with Gasteiger partial charge in [-0.25, -0.2) is 0 Å². The smallest absolute Gasteiger partial charge is 0.0685 e. The van der Waals surface area contributed by atoms with Gasteiger partial charge in [0.25, 0.3) is 0 Å². The van der Waals surface area contributed by atoms with Crippen LogP contribution >= 0.6 is 0 Å². The molecule has 5 rings (SSSR count). The van der Waals surface area contributed by atoms with E-state index in [2.05, 4.69) is 105 Å². The number of benzene rings is 5. The molecule has 0 fully saturated rings. The van der Waals surface area contributed by atoms with Crippen molar-refractivity contribution in [3.8, 4) is 0 Å². The third-order valence-corrected chi connectivity index (χ3v) is 6.42. The van der Waals surface area contributed by atoms with Crippen molar-refractivity contribution in [3.05, 3.63) is 102 Å². The summed E-state index contributed by atoms with van der Waals surface area (Å²) >= 11 is 0. The molecule has 0 spiro atoms. The Bertz CT molecular complexity index is 1280. The minimum absolute atomic E-state index is 0.496. The van der Waals surface area contributed by atoms with Crippen molar-refractivity contribution in [1.82, 2.24) is 0 Å². The molecule has 0 nitrogen and oxygen atoms in total. The second-order valence-electron chi connectivity index (χ2n) is 8.12. The predicted molar refractivity (Wildman–Crippen MR) is 130 cm³/mol. The molecule has 1 atom stereocenters. The maximum atomic E-state index is 2.33.